The van der Waals surface area contributed by atoms with Crippen molar-refractivity contribution in [3.8, 4) is 11.4 Å². The Morgan fingerprint density at radius 1 is 1.31 bits per heavy atom. The van der Waals surface area contributed by atoms with Crippen molar-refractivity contribution >= 4 is 17.9 Å². The van der Waals surface area contributed by atoms with Crippen LogP contribution in [0.1, 0.15) is 36.6 Å². The molecule has 186 valence electrons. The first-order chi connectivity index (χ1) is 17.5. The lowest BCUT2D eigenvalue weighted by molar-refractivity contribution is -0.189. The first kappa shape index (κ1) is 23.5. The summed E-state index contributed by atoms with van der Waals surface area (Å²) < 4.78 is 27.0. The van der Waals surface area contributed by atoms with Crippen molar-refractivity contribution in [2.75, 3.05) is 20.3 Å². The Morgan fingerprint density at radius 2 is 2.17 bits per heavy atom. The number of oxime groups is 1. The van der Waals surface area contributed by atoms with Crippen LogP contribution in [-0.2, 0) is 20.1 Å². The Bertz CT molecular complexity index is 1370. The van der Waals surface area contributed by atoms with Crippen molar-refractivity contribution in [3.05, 3.63) is 77.4 Å². The summed E-state index contributed by atoms with van der Waals surface area (Å²) in [6.45, 7) is 4.25. The zero-order valence-electron chi connectivity index (χ0n) is 20.3. The van der Waals surface area contributed by atoms with Gasteiger partial charge in [0.15, 0.2) is 5.84 Å². The van der Waals surface area contributed by atoms with E-state index in [4.69, 9.17) is 14.3 Å². The molecule has 1 atom stereocenters. The summed E-state index contributed by atoms with van der Waals surface area (Å²) in [6.07, 6.45) is 9.60. The van der Waals surface area contributed by atoms with Gasteiger partial charge in [0.1, 0.15) is 11.6 Å². The van der Waals surface area contributed by atoms with Crippen molar-refractivity contribution < 1.29 is 23.5 Å². The summed E-state index contributed by atoms with van der Waals surface area (Å²) in [7, 11) is 1.62. The van der Waals surface area contributed by atoms with E-state index >= 15 is 0 Å². The van der Waals surface area contributed by atoms with Gasteiger partial charge in [0.05, 0.1) is 43.2 Å². The number of methoxy groups -OCH3 is 1. The molecule has 4 heterocycles. The van der Waals surface area contributed by atoms with Crippen LogP contribution in [0.4, 0.5) is 4.39 Å². The first-order valence-corrected chi connectivity index (χ1v) is 11.7. The average molecular weight is 492 g/mol. The summed E-state index contributed by atoms with van der Waals surface area (Å²) in [4.78, 5) is 28.9. The number of aromatic nitrogens is 3. The minimum absolute atomic E-state index is 0.140. The monoisotopic (exact) mass is 491 g/mol. The predicted molar refractivity (Wildman–Crippen MR) is 130 cm³/mol. The zero-order valence-corrected chi connectivity index (χ0v) is 20.3. The number of piperidine rings is 1. The maximum Gasteiger partial charge on any atom is 0.380 e. The van der Waals surface area contributed by atoms with Crippen LogP contribution in [0.3, 0.4) is 0 Å². The molecule has 2 aliphatic rings. The maximum atomic E-state index is 14.1. The van der Waals surface area contributed by atoms with Gasteiger partial charge in [-0.25, -0.2) is 14.2 Å². The molecule has 1 saturated heterocycles. The number of carbonyl (C=O) groups is 1. The number of hydrogen-bond acceptors (Lipinski definition) is 8. The predicted octanol–water partition coefficient (Wildman–Crippen LogP) is 3.96. The van der Waals surface area contributed by atoms with Crippen LogP contribution < -0.4 is 4.74 Å². The van der Waals surface area contributed by atoms with Crippen LogP contribution in [0.5, 0.6) is 5.75 Å². The topological polar surface area (TPSA) is 91.1 Å². The summed E-state index contributed by atoms with van der Waals surface area (Å²) >= 11 is 0. The molecule has 0 aliphatic carbocycles. The van der Waals surface area contributed by atoms with Gasteiger partial charge in [-0.15, -0.1) is 0 Å². The molecule has 0 radical (unpaired) electrons. The third-order valence-electron chi connectivity index (χ3n) is 6.20. The van der Waals surface area contributed by atoms with Crippen molar-refractivity contribution in [2.45, 2.75) is 32.4 Å². The maximum absolute atomic E-state index is 14.1. The summed E-state index contributed by atoms with van der Waals surface area (Å²) in [6, 6.07) is 7.09. The largest absolute Gasteiger partial charge is 0.495 e. The molecule has 3 aromatic rings. The number of esters is 1. The third-order valence-corrected chi connectivity index (χ3v) is 6.20. The lowest BCUT2D eigenvalue weighted by Gasteiger charge is -2.37. The first-order valence-electron chi connectivity index (χ1n) is 11.7. The molecule has 1 unspecified atom stereocenters. The van der Waals surface area contributed by atoms with E-state index in [2.05, 4.69) is 15.1 Å². The van der Waals surface area contributed by atoms with Gasteiger partial charge < -0.3 is 23.8 Å². The second-order valence-corrected chi connectivity index (χ2v) is 8.54. The fraction of sp³-hybridized carbons (Fsp3) is 0.308. The van der Waals surface area contributed by atoms with Gasteiger partial charge in [-0.2, -0.15) is 0 Å². The minimum Gasteiger partial charge on any atom is -0.495 e. The molecule has 2 aromatic heterocycles. The molecule has 9 nitrogen and oxygen atoms in total. The van der Waals surface area contributed by atoms with Gasteiger partial charge in [0.2, 0.25) is 0 Å². The van der Waals surface area contributed by atoms with E-state index in [0.29, 0.717) is 18.1 Å². The highest BCUT2D eigenvalue weighted by atomic mass is 19.1. The number of rotatable bonds is 6. The number of imidazole rings is 1. The fourth-order valence-electron chi connectivity index (χ4n) is 4.58. The van der Waals surface area contributed by atoms with E-state index < -0.39 is 17.5 Å². The molecule has 0 N–H and O–H groups in total. The Kier molecular flexibility index (Phi) is 6.17. The van der Waals surface area contributed by atoms with Crippen LogP contribution >= 0.6 is 0 Å². The molecule has 0 bridgehead atoms. The SMILES string of the molecule is CCOC(=O)C1(c2cncc(F)c2)ON=C2C(=Cc3ccc(-n4cnc(C)c4)c(OC)c3)CCCN21. The molecular formula is C26H26FN5O4. The average Bonchev–Trinajstić information content (AvgIpc) is 3.49. The number of halogens is 1. The van der Waals surface area contributed by atoms with Gasteiger partial charge in [0.25, 0.3) is 0 Å². The molecule has 36 heavy (non-hydrogen) atoms. The van der Waals surface area contributed by atoms with E-state index in [1.54, 1.807) is 25.3 Å². The molecule has 2 aliphatic heterocycles. The molecule has 1 aromatic carbocycles. The van der Waals surface area contributed by atoms with Crippen LogP contribution in [0.15, 0.2) is 59.9 Å². The minimum atomic E-state index is -1.74. The summed E-state index contributed by atoms with van der Waals surface area (Å²) in [5.41, 5.74) is 2.04. The van der Waals surface area contributed by atoms with E-state index in [1.165, 1.54) is 12.3 Å². The van der Waals surface area contributed by atoms with Crippen molar-refractivity contribution in [2.24, 2.45) is 5.16 Å². The van der Waals surface area contributed by atoms with Crippen LogP contribution in [0, 0.1) is 12.7 Å². The Balaban J connectivity index is 1.51. The number of aryl methyl sites for hydroxylation is 1. The van der Waals surface area contributed by atoms with Gasteiger partial charge in [-0.1, -0.05) is 11.2 Å². The van der Waals surface area contributed by atoms with Crippen LogP contribution in [0.2, 0.25) is 0 Å². The number of amidine groups is 1. The lowest BCUT2D eigenvalue weighted by Crippen LogP contribution is -2.54. The van der Waals surface area contributed by atoms with Gasteiger partial charge in [-0.05, 0) is 62.1 Å². The van der Waals surface area contributed by atoms with Crippen LogP contribution in [-0.4, -0.2) is 51.5 Å². The standard InChI is InChI=1S/C26H26FN5O4/c1-4-35-25(33)26(20-12-21(27)14-28-13-20)32-9-5-6-19(24(32)30-36-26)10-18-7-8-22(23(11-18)34-3)31-15-17(2)29-16-31/h7-8,10-16H,4-6,9H2,1-3H3. The fourth-order valence-corrected chi connectivity index (χ4v) is 4.58. The number of nitrogens with zero attached hydrogens (tertiary/aromatic N) is 5. The van der Waals surface area contributed by atoms with Crippen molar-refractivity contribution in [1.82, 2.24) is 19.4 Å². The van der Waals surface area contributed by atoms with E-state index in [9.17, 15) is 9.18 Å². The number of ether oxygens (including phenoxy) is 2. The van der Waals surface area contributed by atoms with E-state index in [-0.39, 0.29) is 12.2 Å². The molecule has 0 spiro atoms. The third kappa shape index (κ3) is 3.98. The number of pyridine rings is 1. The Morgan fingerprint density at radius 3 is 2.89 bits per heavy atom. The Hall–Kier alpha value is -4.21. The van der Waals surface area contributed by atoms with E-state index in [0.717, 1.165) is 41.6 Å². The van der Waals surface area contributed by atoms with Crippen molar-refractivity contribution in [3.63, 3.8) is 0 Å². The molecule has 0 amide bonds. The second kappa shape index (κ2) is 9.44. The lowest BCUT2D eigenvalue weighted by atomic mass is 9.95. The quantitative estimate of drug-likeness (QED) is 0.482. The van der Waals surface area contributed by atoms with E-state index in [1.807, 2.05) is 42.0 Å². The highest BCUT2D eigenvalue weighted by Gasteiger charge is 2.57. The number of fused-ring (bicyclic) bond motifs is 1. The smallest absolute Gasteiger partial charge is 0.380 e. The molecule has 5 rings (SSSR count). The van der Waals surface area contributed by atoms with Gasteiger partial charge in [0, 0.05) is 18.9 Å². The van der Waals surface area contributed by atoms with Gasteiger partial charge in [-0.3, -0.25) is 4.98 Å². The zero-order chi connectivity index (χ0) is 25.3. The summed E-state index contributed by atoms with van der Waals surface area (Å²) in [5.74, 6) is -0.0575. The number of hydrogen-bond donors (Lipinski definition) is 0. The second-order valence-electron chi connectivity index (χ2n) is 8.54. The van der Waals surface area contributed by atoms with Crippen LogP contribution in [0.25, 0.3) is 11.8 Å². The highest BCUT2D eigenvalue weighted by molar-refractivity contribution is 6.06. The normalized spacial score (nSPS) is 20.1. The Labute approximate surface area is 207 Å². The molecule has 1 fully saturated rings. The number of carbonyl (C=O) groups excluding carboxylic acids is 1. The summed E-state index contributed by atoms with van der Waals surface area (Å²) in [5, 5.41) is 4.29. The van der Waals surface area contributed by atoms with Gasteiger partial charge >= 0.3 is 11.7 Å². The van der Waals surface area contributed by atoms with Crippen molar-refractivity contribution in [1.29, 1.82) is 0 Å². The number of benzene rings is 1. The molecule has 10 heteroatoms. The highest BCUT2D eigenvalue weighted by Crippen LogP contribution is 2.41. The molecular weight excluding hydrogens is 465 g/mol. The molecule has 0 saturated carbocycles.